The fourth-order valence-electron chi connectivity index (χ4n) is 9.40. The quantitative estimate of drug-likeness (QED) is 0.161. The van der Waals surface area contributed by atoms with Crippen LogP contribution in [0.5, 0.6) is 0 Å². The zero-order valence-electron chi connectivity index (χ0n) is 30.5. The second-order valence-corrected chi connectivity index (χ2v) is 14.9. The Morgan fingerprint density at radius 2 is 0.732 bits per heavy atom. The van der Waals surface area contributed by atoms with Gasteiger partial charge in [0.25, 0.3) is 0 Å². The Labute approximate surface area is 323 Å². The van der Waals surface area contributed by atoms with Crippen LogP contribution >= 0.6 is 0 Å². The van der Waals surface area contributed by atoms with E-state index in [1.165, 1.54) is 98.2 Å². The minimum atomic E-state index is 1.14. The predicted molar refractivity (Wildman–Crippen MR) is 239 cm³/mol. The molecule has 2 heteroatoms. The van der Waals surface area contributed by atoms with Gasteiger partial charge in [0.1, 0.15) is 0 Å². The highest BCUT2D eigenvalue weighted by atomic mass is 15.0. The van der Waals surface area contributed by atoms with Gasteiger partial charge in [-0.15, -0.1) is 0 Å². The van der Waals surface area contributed by atoms with Crippen LogP contribution < -0.4 is 0 Å². The average Bonchev–Trinajstić information content (AvgIpc) is 3.80. The number of fused-ring (bicyclic) bond motifs is 13. The van der Waals surface area contributed by atoms with Crippen molar-refractivity contribution in [3.8, 4) is 33.6 Å². The Morgan fingerprint density at radius 1 is 0.232 bits per heavy atom. The highest BCUT2D eigenvalue weighted by Crippen LogP contribution is 2.43. The summed E-state index contributed by atoms with van der Waals surface area (Å²) in [6, 6.07) is 75.7. The summed E-state index contributed by atoms with van der Waals surface area (Å²) in [5.41, 5.74) is 12.0. The molecular weight excluding hydrogens is 677 g/mol. The first kappa shape index (κ1) is 31.0. The van der Waals surface area contributed by atoms with E-state index in [1.807, 2.05) is 0 Å². The van der Waals surface area contributed by atoms with E-state index in [1.54, 1.807) is 0 Å². The molecule has 2 aromatic heterocycles. The molecule has 2 nitrogen and oxygen atoms in total. The molecule has 0 spiro atoms. The molecule has 12 aromatic rings. The minimum absolute atomic E-state index is 1.14. The molecule has 0 aliphatic rings. The minimum Gasteiger partial charge on any atom is -0.309 e. The summed E-state index contributed by atoms with van der Waals surface area (Å²) in [7, 11) is 0. The van der Waals surface area contributed by atoms with E-state index in [2.05, 4.69) is 215 Å². The van der Waals surface area contributed by atoms with Gasteiger partial charge >= 0.3 is 0 Å². The van der Waals surface area contributed by atoms with Gasteiger partial charge in [0.05, 0.1) is 22.1 Å². The summed E-state index contributed by atoms with van der Waals surface area (Å²) in [4.78, 5) is 0. The van der Waals surface area contributed by atoms with Crippen molar-refractivity contribution in [3.63, 3.8) is 0 Å². The van der Waals surface area contributed by atoms with Gasteiger partial charge in [0, 0.05) is 32.9 Å². The van der Waals surface area contributed by atoms with E-state index in [9.17, 15) is 0 Å². The van der Waals surface area contributed by atoms with Crippen LogP contribution in [0.1, 0.15) is 0 Å². The van der Waals surface area contributed by atoms with Crippen molar-refractivity contribution in [1.82, 2.24) is 9.13 Å². The van der Waals surface area contributed by atoms with Crippen LogP contribution in [0.4, 0.5) is 0 Å². The molecule has 0 unspecified atom stereocenters. The molecule has 0 fully saturated rings. The standard InChI is InChI=1S/C54H34N2/c1-2-13-35(14-3-1)36-25-28-39(29-26-36)56-50-23-10-8-21-46(50)47-31-32-52-53(54(47)56)48-22-9-11-24-51(48)55(52)40-16-12-15-37(33-40)38-27-30-45-43-19-5-4-17-41(43)42-18-6-7-20-44(42)49(45)34-38/h1-34H. The summed E-state index contributed by atoms with van der Waals surface area (Å²) in [5.74, 6) is 0. The summed E-state index contributed by atoms with van der Waals surface area (Å²) in [6.45, 7) is 0. The topological polar surface area (TPSA) is 9.86 Å². The number of para-hydroxylation sites is 2. The van der Waals surface area contributed by atoms with Crippen molar-refractivity contribution in [2.45, 2.75) is 0 Å². The van der Waals surface area contributed by atoms with E-state index in [-0.39, 0.29) is 0 Å². The van der Waals surface area contributed by atoms with Crippen LogP contribution in [0.25, 0.3) is 110 Å². The van der Waals surface area contributed by atoms with Crippen molar-refractivity contribution in [2.75, 3.05) is 0 Å². The first-order chi connectivity index (χ1) is 27.8. The van der Waals surface area contributed by atoms with E-state index in [0.717, 1.165) is 11.4 Å². The van der Waals surface area contributed by atoms with Crippen LogP contribution in [-0.4, -0.2) is 9.13 Å². The van der Waals surface area contributed by atoms with Gasteiger partial charge in [-0.1, -0.05) is 158 Å². The molecule has 10 aromatic carbocycles. The molecule has 2 heterocycles. The molecule has 0 N–H and O–H groups in total. The van der Waals surface area contributed by atoms with E-state index < -0.39 is 0 Å². The van der Waals surface area contributed by atoms with Crippen molar-refractivity contribution in [2.24, 2.45) is 0 Å². The molecule has 0 atom stereocenters. The van der Waals surface area contributed by atoms with Crippen molar-refractivity contribution < 1.29 is 0 Å². The Balaban J connectivity index is 1.08. The van der Waals surface area contributed by atoms with Gasteiger partial charge in [0.15, 0.2) is 0 Å². The van der Waals surface area contributed by atoms with Gasteiger partial charge in [-0.25, -0.2) is 0 Å². The lowest BCUT2D eigenvalue weighted by atomic mass is 9.92. The summed E-state index contributed by atoms with van der Waals surface area (Å²) in [5, 5.41) is 12.8. The van der Waals surface area contributed by atoms with Crippen LogP contribution in [-0.2, 0) is 0 Å². The molecule has 0 bridgehead atoms. The van der Waals surface area contributed by atoms with Gasteiger partial charge in [-0.3, -0.25) is 0 Å². The fraction of sp³-hybridized carbons (Fsp3) is 0. The molecular formula is C54H34N2. The molecule has 260 valence electrons. The van der Waals surface area contributed by atoms with Gasteiger partial charge in [-0.2, -0.15) is 0 Å². The SMILES string of the molecule is c1ccc(-c2ccc(-n3c4ccccc4c4ccc5c(c6ccccc6n5-c5cccc(-c6ccc7c8ccccc8c8ccccc8c7c6)c5)c43)cc2)cc1. The molecule has 0 amide bonds. The van der Waals surface area contributed by atoms with Crippen LogP contribution in [0.3, 0.4) is 0 Å². The van der Waals surface area contributed by atoms with E-state index in [4.69, 9.17) is 0 Å². The number of aromatic nitrogens is 2. The zero-order valence-corrected chi connectivity index (χ0v) is 30.5. The summed E-state index contributed by atoms with van der Waals surface area (Å²) < 4.78 is 4.93. The lowest BCUT2D eigenvalue weighted by Crippen LogP contribution is -1.96. The Hall–Kier alpha value is -7.42. The normalized spacial score (nSPS) is 11.9. The maximum atomic E-state index is 2.47. The predicted octanol–water partition coefficient (Wildman–Crippen LogP) is 14.7. The highest BCUT2D eigenvalue weighted by molar-refractivity contribution is 6.27. The van der Waals surface area contributed by atoms with Crippen LogP contribution in [0, 0.1) is 0 Å². The molecule has 56 heavy (non-hydrogen) atoms. The monoisotopic (exact) mass is 710 g/mol. The number of hydrogen-bond acceptors (Lipinski definition) is 0. The van der Waals surface area contributed by atoms with E-state index >= 15 is 0 Å². The second kappa shape index (κ2) is 12.0. The highest BCUT2D eigenvalue weighted by Gasteiger charge is 2.21. The molecule has 0 saturated heterocycles. The molecule has 0 saturated carbocycles. The summed E-state index contributed by atoms with van der Waals surface area (Å²) in [6.07, 6.45) is 0. The Bertz CT molecular complexity index is 3480. The number of nitrogens with zero attached hydrogens (tertiary/aromatic N) is 2. The third kappa shape index (κ3) is 4.50. The Kier molecular flexibility index (Phi) is 6.66. The lowest BCUT2D eigenvalue weighted by molar-refractivity contribution is 1.17. The summed E-state index contributed by atoms with van der Waals surface area (Å²) >= 11 is 0. The van der Waals surface area contributed by atoms with Crippen molar-refractivity contribution >= 4 is 75.9 Å². The van der Waals surface area contributed by atoms with Gasteiger partial charge < -0.3 is 9.13 Å². The van der Waals surface area contributed by atoms with E-state index in [0.29, 0.717) is 0 Å². The molecule has 0 radical (unpaired) electrons. The van der Waals surface area contributed by atoms with Crippen LogP contribution in [0.15, 0.2) is 206 Å². The molecule has 12 rings (SSSR count). The first-order valence-corrected chi connectivity index (χ1v) is 19.4. The molecule has 0 aliphatic carbocycles. The van der Waals surface area contributed by atoms with Crippen molar-refractivity contribution in [3.05, 3.63) is 206 Å². The third-order valence-corrected chi connectivity index (χ3v) is 11.9. The fourth-order valence-corrected chi connectivity index (χ4v) is 9.40. The number of hydrogen-bond donors (Lipinski definition) is 0. The zero-order chi connectivity index (χ0) is 36.7. The maximum Gasteiger partial charge on any atom is 0.0641 e. The van der Waals surface area contributed by atoms with Crippen LogP contribution in [0.2, 0.25) is 0 Å². The number of rotatable bonds is 4. The number of benzene rings is 10. The third-order valence-electron chi connectivity index (χ3n) is 11.9. The van der Waals surface area contributed by atoms with Gasteiger partial charge in [0.2, 0.25) is 0 Å². The lowest BCUT2D eigenvalue weighted by Gasteiger charge is -2.13. The Morgan fingerprint density at radius 3 is 1.45 bits per heavy atom. The molecule has 0 aliphatic heterocycles. The van der Waals surface area contributed by atoms with Crippen molar-refractivity contribution in [1.29, 1.82) is 0 Å². The maximum absolute atomic E-state index is 2.47. The smallest absolute Gasteiger partial charge is 0.0641 e. The largest absolute Gasteiger partial charge is 0.309 e. The average molecular weight is 711 g/mol. The second-order valence-electron chi connectivity index (χ2n) is 14.9. The first-order valence-electron chi connectivity index (χ1n) is 19.4. The van der Waals surface area contributed by atoms with Gasteiger partial charge in [-0.05, 0) is 103 Å².